The molecule has 126 valence electrons. The van der Waals surface area contributed by atoms with Crippen LogP contribution < -0.4 is 9.47 Å². The van der Waals surface area contributed by atoms with Crippen molar-refractivity contribution in [2.45, 2.75) is 25.9 Å². The highest BCUT2D eigenvalue weighted by Gasteiger charge is 2.27. The first-order valence-electron chi connectivity index (χ1n) is 7.99. The Hall–Kier alpha value is -2.63. The van der Waals surface area contributed by atoms with E-state index in [1.807, 2.05) is 30.0 Å². The number of nitrogens with zero attached hydrogens (tertiary/aromatic N) is 3. The summed E-state index contributed by atoms with van der Waals surface area (Å²) < 4.78 is 11.0. The van der Waals surface area contributed by atoms with Crippen molar-refractivity contribution >= 4 is 5.91 Å². The zero-order valence-corrected chi connectivity index (χ0v) is 13.9. The number of hydrogen-bond donors (Lipinski definition) is 0. The Morgan fingerprint density at radius 1 is 1.38 bits per heavy atom. The Morgan fingerprint density at radius 2 is 2.25 bits per heavy atom. The Bertz CT molecular complexity index is 706. The highest BCUT2D eigenvalue weighted by Crippen LogP contribution is 2.20. The molecule has 6 nitrogen and oxygen atoms in total. The van der Waals surface area contributed by atoms with Crippen LogP contribution in [0.2, 0.25) is 0 Å². The number of aromatic nitrogens is 2. The molecule has 0 N–H and O–H groups in total. The fraction of sp³-hybridized carbons (Fsp3) is 0.389. The van der Waals surface area contributed by atoms with Gasteiger partial charge in [0.25, 0.3) is 0 Å². The predicted molar refractivity (Wildman–Crippen MR) is 89.1 cm³/mol. The number of benzene rings is 1. The maximum atomic E-state index is 12.5. The van der Waals surface area contributed by atoms with Crippen molar-refractivity contribution in [2.75, 3.05) is 20.2 Å². The van der Waals surface area contributed by atoms with Gasteiger partial charge in [0.1, 0.15) is 11.9 Å². The first-order valence-corrected chi connectivity index (χ1v) is 7.99. The molecule has 0 saturated carbocycles. The molecule has 3 rings (SSSR count). The Kier molecular flexibility index (Phi) is 4.93. The van der Waals surface area contributed by atoms with Crippen molar-refractivity contribution in [2.24, 2.45) is 0 Å². The molecule has 1 atom stereocenters. The first kappa shape index (κ1) is 16.2. The fourth-order valence-corrected chi connectivity index (χ4v) is 2.90. The topological polar surface area (TPSA) is 64.5 Å². The predicted octanol–water partition coefficient (Wildman–Crippen LogP) is 2.02. The normalized spacial score (nSPS) is 16.9. The highest BCUT2D eigenvalue weighted by atomic mass is 16.5. The van der Waals surface area contributed by atoms with E-state index >= 15 is 0 Å². The van der Waals surface area contributed by atoms with Crippen molar-refractivity contribution in [3.63, 3.8) is 0 Å². The van der Waals surface area contributed by atoms with E-state index in [9.17, 15) is 4.79 Å². The summed E-state index contributed by atoms with van der Waals surface area (Å²) in [7, 11) is 1.65. The van der Waals surface area contributed by atoms with Crippen LogP contribution in [0.25, 0.3) is 0 Å². The third-order valence-electron chi connectivity index (χ3n) is 4.14. The Morgan fingerprint density at radius 3 is 2.96 bits per heavy atom. The first-order chi connectivity index (χ1) is 11.7. The maximum absolute atomic E-state index is 12.5. The van der Waals surface area contributed by atoms with Crippen LogP contribution in [0.4, 0.5) is 0 Å². The number of hydrogen-bond acceptors (Lipinski definition) is 5. The lowest BCUT2D eigenvalue weighted by Crippen LogP contribution is -2.32. The van der Waals surface area contributed by atoms with E-state index in [4.69, 9.17) is 9.47 Å². The van der Waals surface area contributed by atoms with Crippen molar-refractivity contribution < 1.29 is 14.3 Å². The second kappa shape index (κ2) is 7.29. The third-order valence-corrected chi connectivity index (χ3v) is 4.14. The Labute approximate surface area is 141 Å². The fourth-order valence-electron chi connectivity index (χ4n) is 2.90. The second-order valence-corrected chi connectivity index (χ2v) is 5.89. The minimum Gasteiger partial charge on any atom is -0.496 e. The van der Waals surface area contributed by atoms with Gasteiger partial charge in [-0.25, -0.2) is 4.98 Å². The number of aryl methyl sites for hydroxylation is 1. The van der Waals surface area contributed by atoms with Gasteiger partial charge in [-0.3, -0.25) is 9.78 Å². The van der Waals surface area contributed by atoms with E-state index < -0.39 is 0 Å². The van der Waals surface area contributed by atoms with Crippen molar-refractivity contribution in [1.82, 2.24) is 14.9 Å². The zero-order chi connectivity index (χ0) is 16.9. The van der Waals surface area contributed by atoms with Gasteiger partial charge < -0.3 is 14.4 Å². The van der Waals surface area contributed by atoms with Gasteiger partial charge in [0.15, 0.2) is 0 Å². The van der Waals surface area contributed by atoms with Crippen molar-refractivity contribution in [3.8, 4) is 11.6 Å². The standard InChI is InChI=1S/C18H21N3O3/c1-13-9-14(3-4-16(13)23-2)10-18(22)21-8-5-15(12-21)24-17-11-19-6-7-20-17/h3-4,6-7,9,11,15H,5,8,10,12H2,1-2H3. The number of amides is 1. The van der Waals surface area contributed by atoms with Gasteiger partial charge in [-0.05, 0) is 24.1 Å². The number of carbonyl (C=O) groups excluding carboxylic acids is 1. The van der Waals surface area contributed by atoms with Crippen LogP contribution >= 0.6 is 0 Å². The molecule has 1 saturated heterocycles. The summed E-state index contributed by atoms with van der Waals surface area (Å²) in [5.41, 5.74) is 2.03. The molecular formula is C18H21N3O3. The SMILES string of the molecule is COc1ccc(CC(=O)N2CCC(Oc3cnccn3)C2)cc1C. The summed E-state index contributed by atoms with van der Waals surface area (Å²) in [6, 6.07) is 5.84. The van der Waals surface area contributed by atoms with E-state index in [0.29, 0.717) is 25.4 Å². The van der Waals surface area contributed by atoms with E-state index in [0.717, 1.165) is 23.3 Å². The Balaban J connectivity index is 1.55. The minimum absolute atomic E-state index is 0.0248. The lowest BCUT2D eigenvalue weighted by molar-refractivity contribution is -0.129. The number of ether oxygens (including phenoxy) is 2. The molecule has 1 aliphatic heterocycles. The van der Waals surface area contributed by atoms with Crippen LogP contribution in [0.1, 0.15) is 17.5 Å². The molecule has 6 heteroatoms. The quantitative estimate of drug-likeness (QED) is 0.840. The van der Waals surface area contributed by atoms with Gasteiger partial charge >= 0.3 is 0 Å². The average molecular weight is 327 g/mol. The molecule has 1 aromatic carbocycles. The summed E-state index contributed by atoms with van der Waals surface area (Å²) in [6.45, 7) is 3.27. The molecule has 2 aromatic rings. The van der Waals surface area contributed by atoms with Gasteiger partial charge in [-0.2, -0.15) is 0 Å². The molecule has 1 amide bonds. The lowest BCUT2D eigenvalue weighted by Gasteiger charge is -2.17. The summed E-state index contributed by atoms with van der Waals surface area (Å²) >= 11 is 0. The molecule has 0 radical (unpaired) electrons. The molecule has 0 aliphatic carbocycles. The molecular weight excluding hydrogens is 306 g/mol. The van der Waals surface area contributed by atoms with Gasteiger partial charge in [0.2, 0.25) is 11.8 Å². The zero-order valence-electron chi connectivity index (χ0n) is 13.9. The van der Waals surface area contributed by atoms with Gasteiger partial charge in [0, 0.05) is 25.4 Å². The van der Waals surface area contributed by atoms with Crippen LogP contribution in [0.15, 0.2) is 36.8 Å². The average Bonchev–Trinajstić information content (AvgIpc) is 3.04. The summed E-state index contributed by atoms with van der Waals surface area (Å²) in [5, 5.41) is 0. The number of rotatable bonds is 5. The maximum Gasteiger partial charge on any atom is 0.232 e. The van der Waals surface area contributed by atoms with Crippen molar-refractivity contribution in [3.05, 3.63) is 47.9 Å². The monoisotopic (exact) mass is 327 g/mol. The van der Waals surface area contributed by atoms with Gasteiger partial charge in [0.05, 0.1) is 26.3 Å². The molecule has 1 aromatic heterocycles. The largest absolute Gasteiger partial charge is 0.496 e. The second-order valence-electron chi connectivity index (χ2n) is 5.89. The van der Waals surface area contributed by atoms with Crippen LogP contribution in [0, 0.1) is 6.92 Å². The summed E-state index contributed by atoms with van der Waals surface area (Å²) in [4.78, 5) is 22.4. The van der Waals surface area contributed by atoms with Crippen LogP contribution in [-0.4, -0.2) is 47.1 Å². The van der Waals surface area contributed by atoms with E-state index in [2.05, 4.69) is 9.97 Å². The van der Waals surface area contributed by atoms with Crippen LogP contribution in [0.3, 0.4) is 0 Å². The third kappa shape index (κ3) is 3.82. The molecule has 1 unspecified atom stereocenters. The molecule has 0 bridgehead atoms. The van der Waals surface area contributed by atoms with Crippen LogP contribution in [-0.2, 0) is 11.2 Å². The van der Waals surface area contributed by atoms with Crippen LogP contribution in [0.5, 0.6) is 11.6 Å². The molecule has 2 heterocycles. The highest BCUT2D eigenvalue weighted by molar-refractivity contribution is 5.79. The van der Waals surface area contributed by atoms with Gasteiger partial charge in [-0.1, -0.05) is 12.1 Å². The number of carbonyl (C=O) groups is 1. The summed E-state index contributed by atoms with van der Waals surface area (Å²) in [6.07, 6.45) is 5.97. The number of methoxy groups -OCH3 is 1. The summed E-state index contributed by atoms with van der Waals surface area (Å²) in [5.74, 6) is 1.46. The molecule has 24 heavy (non-hydrogen) atoms. The molecule has 1 aliphatic rings. The van der Waals surface area contributed by atoms with Gasteiger partial charge in [-0.15, -0.1) is 0 Å². The van der Waals surface area contributed by atoms with E-state index in [1.54, 1.807) is 25.7 Å². The smallest absolute Gasteiger partial charge is 0.232 e. The van der Waals surface area contributed by atoms with Crippen molar-refractivity contribution in [1.29, 1.82) is 0 Å². The minimum atomic E-state index is -0.0248. The number of likely N-dealkylation sites (tertiary alicyclic amines) is 1. The lowest BCUT2D eigenvalue weighted by atomic mass is 10.1. The van der Waals surface area contributed by atoms with E-state index in [1.165, 1.54) is 0 Å². The molecule has 1 fully saturated rings. The van der Waals surface area contributed by atoms with E-state index in [-0.39, 0.29) is 12.0 Å². The molecule has 0 spiro atoms.